The predicted molar refractivity (Wildman–Crippen MR) is 99.7 cm³/mol. The van der Waals surface area contributed by atoms with Crippen molar-refractivity contribution in [3.63, 3.8) is 0 Å². The third-order valence-corrected chi connectivity index (χ3v) is 4.40. The lowest BCUT2D eigenvalue weighted by Crippen LogP contribution is -2.34. The molecule has 3 amide bonds. The molecule has 2 aromatic rings. The number of urea groups is 1. The van der Waals surface area contributed by atoms with Crippen molar-refractivity contribution in [2.45, 2.75) is 38.1 Å². The summed E-state index contributed by atoms with van der Waals surface area (Å²) in [5.74, 6) is -0.406. The molecular weight excluding hydrogens is 333 g/mol. The lowest BCUT2D eigenvalue weighted by Gasteiger charge is -2.16. The molecule has 1 fully saturated rings. The highest BCUT2D eigenvalue weighted by atomic mass is 19.1. The maximum atomic E-state index is 13.1. The van der Waals surface area contributed by atoms with Crippen LogP contribution in [-0.2, 0) is 10.2 Å². The monoisotopic (exact) mass is 355 g/mol. The van der Waals surface area contributed by atoms with Crippen molar-refractivity contribution in [2.75, 3.05) is 10.6 Å². The number of anilines is 2. The van der Waals surface area contributed by atoms with Gasteiger partial charge >= 0.3 is 6.03 Å². The number of carbonyl (C=O) groups is 2. The molecule has 0 atom stereocenters. The molecule has 0 saturated heterocycles. The third-order valence-electron chi connectivity index (χ3n) is 4.40. The minimum Gasteiger partial charge on any atom is -0.336 e. The van der Waals surface area contributed by atoms with E-state index in [1.54, 1.807) is 36.4 Å². The van der Waals surface area contributed by atoms with E-state index in [-0.39, 0.29) is 23.8 Å². The van der Waals surface area contributed by atoms with Gasteiger partial charge in [-0.3, -0.25) is 4.79 Å². The van der Waals surface area contributed by atoms with E-state index >= 15 is 0 Å². The third kappa shape index (κ3) is 4.02. The van der Waals surface area contributed by atoms with E-state index in [0.29, 0.717) is 11.4 Å². The van der Waals surface area contributed by atoms with Crippen LogP contribution in [0.1, 0.15) is 32.3 Å². The zero-order valence-electron chi connectivity index (χ0n) is 14.8. The number of halogens is 1. The molecule has 0 radical (unpaired) electrons. The van der Waals surface area contributed by atoms with Crippen LogP contribution >= 0.6 is 0 Å². The van der Waals surface area contributed by atoms with E-state index in [9.17, 15) is 14.0 Å². The maximum absolute atomic E-state index is 13.1. The second-order valence-corrected chi connectivity index (χ2v) is 6.87. The first kappa shape index (κ1) is 17.9. The van der Waals surface area contributed by atoms with Gasteiger partial charge in [0, 0.05) is 17.4 Å². The Labute approximate surface area is 152 Å². The lowest BCUT2D eigenvalue weighted by atomic mass is 9.95. The molecule has 0 bridgehead atoms. The average Bonchev–Trinajstić information content (AvgIpc) is 3.38. The molecule has 0 aromatic heterocycles. The highest BCUT2D eigenvalue weighted by molar-refractivity contribution is 6.01. The Morgan fingerprint density at radius 1 is 0.923 bits per heavy atom. The number of nitrogens with one attached hydrogen (secondary N) is 3. The highest BCUT2D eigenvalue weighted by Gasteiger charge is 2.51. The van der Waals surface area contributed by atoms with Gasteiger partial charge in [0.1, 0.15) is 5.82 Å². The molecule has 0 unspecified atom stereocenters. The van der Waals surface area contributed by atoms with Crippen molar-refractivity contribution in [3.8, 4) is 0 Å². The van der Waals surface area contributed by atoms with Gasteiger partial charge in [0.2, 0.25) is 5.91 Å². The van der Waals surface area contributed by atoms with Crippen LogP contribution in [0.25, 0.3) is 0 Å². The van der Waals surface area contributed by atoms with Crippen molar-refractivity contribution >= 4 is 23.3 Å². The number of hydrogen-bond donors (Lipinski definition) is 3. The van der Waals surface area contributed by atoms with Crippen LogP contribution in [0, 0.1) is 5.82 Å². The van der Waals surface area contributed by atoms with Gasteiger partial charge < -0.3 is 16.0 Å². The minimum atomic E-state index is -0.568. The quantitative estimate of drug-likeness (QED) is 0.758. The second-order valence-electron chi connectivity index (χ2n) is 6.87. The molecule has 26 heavy (non-hydrogen) atoms. The number of rotatable bonds is 5. The van der Waals surface area contributed by atoms with E-state index in [1.165, 1.54) is 12.1 Å². The van der Waals surface area contributed by atoms with Crippen LogP contribution < -0.4 is 16.0 Å². The second kappa shape index (κ2) is 7.15. The summed E-state index contributed by atoms with van der Waals surface area (Å²) in [6, 6.07) is 12.8. The number of benzene rings is 2. The van der Waals surface area contributed by atoms with Gasteiger partial charge in [-0.25, -0.2) is 9.18 Å². The van der Waals surface area contributed by atoms with Crippen molar-refractivity contribution < 1.29 is 14.0 Å². The van der Waals surface area contributed by atoms with Crippen molar-refractivity contribution in [2.24, 2.45) is 0 Å². The molecule has 1 aliphatic rings. The maximum Gasteiger partial charge on any atom is 0.319 e. The van der Waals surface area contributed by atoms with Crippen molar-refractivity contribution in [1.82, 2.24) is 5.32 Å². The van der Waals surface area contributed by atoms with Crippen molar-refractivity contribution in [3.05, 3.63) is 59.9 Å². The summed E-state index contributed by atoms with van der Waals surface area (Å²) in [7, 11) is 0. The van der Waals surface area contributed by atoms with E-state index in [4.69, 9.17) is 0 Å². The molecule has 0 spiro atoms. The van der Waals surface area contributed by atoms with Crippen LogP contribution in [0.4, 0.5) is 20.6 Å². The van der Waals surface area contributed by atoms with Gasteiger partial charge in [-0.05, 0) is 68.7 Å². The van der Waals surface area contributed by atoms with Crippen LogP contribution in [0.5, 0.6) is 0 Å². The van der Waals surface area contributed by atoms with Gasteiger partial charge in [0.25, 0.3) is 0 Å². The molecular formula is C20H22FN3O2. The summed E-state index contributed by atoms with van der Waals surface area (Å²) in [6.45, 7) is 3.76. The fourth-order valence-electron chi connectivity index (χ4n) is 2.86. The molecule has 2 aromatic carbocycles. The Morgan fingerprint density at radius 3 is 1.96 bits per heavy atom. The summed E-state index contributed by atoms with van der Waals surface area (Å²) in [5.41, 5.74) is 1.56. The van der Waals surface area contributed by atoms with E-state index in [0.717, 1.165) is 18.4 Å². The zero-order valence-corrected chi connectivity index (χ0v) is 14.8. The summed E-state index contributed by atoms with van der Waals surface area (Å²) < 4.78 is 13.1. The number of hydrogen-bond acceptors (Lipinski definition) is 2. The molecule has 0 aliphatic heterocycles. The van der Waals surface area contributed by atoms with Gasteiger partial charge in [0.05, 0.1) is 5.41 Å². The summed E-state index contributed by atoms with van der Waals surface area (Å²) >= 11 is 0. The molecule has 3 rings (SSSR count). The minimum absolute atomic E-state index is 0.0507. The normalized spacial score (nSPS) is 14.6. The Hall–Kier alpha value is -2.89. The fraction of sp³-hybridized carbons (Fsp3) is 0.300. The van der Waals surface area contributed by atoms with E-state index < -0.39 is 5.41 Å². The molecule has 1 aliphatic carbocycles. The zero-order chi connectivity index (χ0) is 18.7. The van der Waals surface area contributed by atoms with E-state index in [1.807, 2.05) is 13.8 Å². The number of carbonyl (C=O) groups excluding carboxylic acids is 2. The summed E-state index contributed by atoms with van der Waals surface area (Å²) in [5, 5.41) is 8.38. The SMILES string of the molecule is CC(C)NC(=O)Nc1ccc(NC(=O)C2(c3ccc(F)cc3)CC2)cc1. The first-order valence-electron chi connectivity index (χ1n) is 8.64. The summed E-state index contributed by atoms with van der Waals surface area (Å²) in [4.78, 5) is 24.4. The predicted octanol–water partition coefficient (Wildman–Crippen LogP) is 4.03. The van der Waals surface area contributed by atoms with Crippen LogP contribution in [0.15, 0.2) is 48.5 Å². The highest BCUT2D eigenvalue weighted by Crippen LogP contribution is 2.49. The molecule has 136 valence electrons. The molecule has 0 heterocycles. The topological polar surface area (TPSA) is 70.2 Å². The smallest absolute Gasteiger partial charge is 0.319 e. The lowest BCUT2D eigenvalue weighted by molar-refractivity contribution is -0.118. The van der Waals surface area contributed by atoms with E-state index in [2.05, 4.69) is 16.0 Å². The van der Waals surface area contributed by atoms with Gasteiger partial charge in [0.15, 0.2) is 0 Å². The largest absolute Gasteiger partial charge is 0.336 e. The molecule has 3 N–H and O–H groups in total. The van der Waals surface area contributed by atoms with Gasteiger partial charge in [-0.2, -0.15) is 0 Å². The Kier molecular flexibility index (Phi) is 4.93. The standard InChI is InChI=1S/C20H22FN3O2/c1-13(2)22-19(26)24-17-9-7-16(8-10-17)23-18(25)20(11-12-20)14-3-5-15(21)6-4-14/h3-10,13H,11-12H2,1-2H3,(H,23,25)(H2,22,24,26). The van der Waals surface area contributed by atoms with Crippen LogP contribution in [0.2, 0.25) is 0 Å². The average molecular weight is 355 g/mol. The Bertz CT molecular complexity index is 797. The van der Waals surface area contributed by atoms with Gasteiger partial charge in [-0.15, -0.1) is 0 Å². The summed E-state index contributed by atoms with van der Waals surface area (Å²) in [6.07, 6.45) is 1.50. The first-order chi connectivity index (χ1) is 12.4. The molecule has 5 nitrogen and oxygen atoms in total. The van der Waals surface area contributed by atoms with Crippen molar-refractivity contribution in [1.29, 1.82) is 0 Å². The van der Waals surface area contributed by atoms with Crippen LogP contribution in [0.3, 0.4) is 0 Å². The number of amides is 3. The molecule has 6 heteroatoms. The van der Waals surface area contributed by atoms with Crippen LogP contribution in [-0.4, -0.2) is 18.0 Å². The van der Waals surface area contributed by atoms with Gasteiger partial charge in [-0.1, -0.05) is 12.1 Å². The Morgan fingerprint density at radius 2 is 1.46 bits per heavy atom. The first-order valence-corrected chi connectivity index (χ1v) is 8.64. The fourth-order valence-corrected chi connectivity index (χ4v) is 2.86. The molecule has 1 saturated carbocycles. The Balaban J connectivity index is 1.63.